The lowest BCUT2D eigenvalue weighted by molar-refractivity contribution is -0.137. The van der Waals surface area contributed by atoms with E-state index in [2.05, 4.69) is 9.82 Å². The Hall–Kier alpha value is -2.74. The van der Waals surface area contributed by atoms with Crippen LogP contribution in [0.4, 0.5) is 19.0 Å². The van der Waals surface area contributed by atoms with E-state index in [0.29, 0.717) is 12.1 Å². The van der Waals surface area contributed by atoms with Gasteiger partial charge >= 0.3 is 6.18 Å². The maximum Gasteiger partial charge on any atom is 0.416 e. The lowest BCUT2D eigenvalue weighted by Gasteiger charge is -2.15. The second-order valence-corrected chi connectivity index (χ2v) is 8.14. The van der Waals surface area contributed by atoms with E-state index in [1.807, 2.05) is 0 Å². The first-order valence-corrected chi connectivity index (χ1v) is 9.91. The van der Waals surface area contributed by atoms with Crippen LogP contribution in [0.15, 0.2) is 53.4 Å². The lowest BCUT2D eigenvalue weighted by Crippen LogP contribution is -2.16. The Morgan fingerprint density at radius 3 is 2.17 bits per heavy atom. The largest absolute Gasteiger partial charge is 0.416 e. The molecule has 0 aliphatic rings. The van der Waals surface area contributed by atoms with Gasteiger partial charge in [0.1, 0.15) is 17.6 Å². The van der Waals surface area contributed by atoms with Gasteiger partial charge in [0.05, 0.1) is 20.5 Å². The number of halogens is 5. The molecule has 150 valence electrons. The second-order valence-electron chi connectivity index (χ2n) is 5.64. The summed E-state index contributed by atoms with van der Waals surface area (Å²) in [6.45, 7) is 0. The molecule has 3 rings (SSSR count). The topological polar surface area (TPSA) is 87.8 Å². The van der Waals surface area contributed by atoms with Gasteiger partial charge in [-0.05, 0) is 24.3 Å². The molecule has 0 aliphatic heterocycles. The van der Waals surface area contributed by atoms with E-state index in [1.165, 1.54) is 24.3 Å². The minimum Gasteiger partial charge on any atom is -0.263 e. The molecule has 0 unspecified atom stereocenters. The lowest BCUT2D eigenvalue weighted by atomic mass is 10.2. The summed E-state index contributed by atoms with van der Waals surface area (Å²) in [6, 6.07) is 11.4. The summed E-state index contributed by atoms with van der Waals surface area (Å²) < 4.78 is 67.1. The van der Waals surface area contributed by atoms with Crippen molar-refractivity contribution in [3.8, 4) is 11.8 Å². The van der Waals surface area contributed by atoms with E-state index in [0.717, 1.165) is 10.7 Å². The van der Waals surface area contributed by atoms with Gasteiger partial charge in [-0.1, -0.05) is 41.4 Å². The fourth-order valence-electron chi connectivity index (χ4n) is 2.41. The Kier molecular flexibility index (Phi) is 5.49. The molecule has 0 fully saturated rings. The normalized spacial score (nSPS) is 11.9. The minimum absolute atomic E-state index is 0.0733. The van der Waals surface area contributed by atoms with Crippen LogP contribution >= 0.6 is 23.2 Å². The number of hydrogen-bond donors (Lipinski definition) is 1. The molecule has 1 aromatic heterocycles. The van der Waals surface area contributed by atoms with Gasteiger partial charge in [-0.3, -0.25) is 4.72 Å². The van der Waals surface area contributed by atoms with Crippen LogP contribution in [-0.4, -0.2) is 18.2 Å². The summed E-state index contributed by atoms with van der Waals surface area (Å²) in [4.78, 5) is -0.0733. The number of hydrogen-bond acceptors (Lipinski definition) is 4. The van der Waals surface area contributed by atoms with Crippen molar-refractivity contribution < 1.29 is 21.6 Å². The molecule has 0 saturated heterocycles. The molecule has 0 atom stereocenters. The Bertz CT molecular complexity index is 1200. The summed E-state index contributed by atoms with van der Waals surface area (Å²) in [5, 5.41) is 12.1. The molecule has 3 aromatic rings. The van der Waals surface area contributed by atoms with Crippen LogP contribution in [0.1, 0.15) is 11.3 Å². The number of alkyl halides is 3. The number of anilines is 1. The van der Waals surface area contributed by atoms with Crippen molar-refractivity contribution in [1.29, 1.82) is 5.26 Å². The Morgan fingerprint density at radius 2 is 1.66 bits per heavy atom. The van der Waals surface area contributed by atoms with E-state index < -0.39 is 31.8 Å². The number of nitrogens with one attached hydrogen (secondary N) is 1. The number of aromatic nitrogens is 2. The van der Waals surface area contributed by atoms with Crippen LogP contribution in [-0.2, 0) is 16.2 Å². The average Bonchev–Trinajstić information content (AvgIpc) is 3.03. The van der Waals surface area contributed by atoms with Gasteiger partial charge < -0.3 is 0 Å². The molecule has 0 spiro atoms. The van der Waals surface area contributed by atoms with Crippen LogP contribution in [0.25, 0.3) is 5.69 Å². The van der Waals surface area contributed by atoms with E-state index in [9.17, 15) is 21.6 Å². The Balaban J connectivity index is 2.14. The predicted octanol–water partition coefficient (Wildman–Crippen LogP) is 4.87. The summed E-state index contributed by atoms with van der Waals surface area (Å²) in [7, 11) is -4.08. The van der Waals surface area contributed by atoms with Crippen molar-refractivity contribution in [1.82, 2.24) is 9.78 Å². The second kappa shape index (κ2) is 7.59. The van der Waals surface area contributed by atoms with Crippen LogP contribution < -0.4 is 4.72 Å². The zero-order valence-electron chi connectivity index (χ0n) is 14.1. The van der Waals surface area contributed by atoms with Crippen molar-refractivity contribution in [2.24, 2.45) is 0 Å². The zero-order valence-corrected chi connectivity index (χ0v) is 16.4. The number of nitrogens with zero attached hydrogens (tertiary/aromatic N) is 3. The zero-order chi connectivity index (χ0) is 21.4. The third kappa shape index (κ3) is 4.32. The van der Waals surface area contributed by atoms with Crippen LogP contribution in [0, 0.1) is 11.3 Å². The van der Waals surface area contributed by atoms with Gasteiger partial charge in [0.25, 0.3) is 10.0 Å². The summed E-state index contributed by atoms with van der Waals surface area (Å²) in [6.07, 6.45) is -4.69. The monoisotopic (exact) mass is 460 g/mol. The summed E-state index contributed by atoms with van der Waals surface area (Å²) in [5.74, 6) is -0.228. The molecule has 1 heterocycles. The minimum atomic E-state index is -4.69. The molecule has 2 aromatic carbocycles. The Labute approximate surface area is 173 Å². The molecule has 0 aliphatic carbocycles. The first kappa shape index (κ1) is 21.0. The number of rotatable bonds is 4. The van der Waals surface area contributed by atoms with Gasteiger partial charge in [-0.2, -0.15) is 23.5 Å². The third-order valence-corrected chi connectivity index (χ3v) is 5.62. The number of sulfonamides is 1. The summed E-state index contributed by atoms with van der Waals surface area (Å²) in [5.41, 5.74) is -1.51. The van der Waals surface area contributed by atoms with Crippen LogP contribution in [0.5, 0.6) is 0 Å². The quantitative estimate of drug-likeness (QED) is 0.601. The van der Waals surface area contributed by atoms with Gasteiger partial charge in [-0.25, -0.2) is 13.1 Å². The van der Waals surface area contributed by atoms with Crippen LogP contribution in [0.2, 0.25) is 10.0 Å². The molecular weight excluding hydrogens is 452 g/mol. The molecule has 1 N–H and O–H groups in total. The highest BCUT2D eigenvalue weighted by Crippen LogP contribution is 2.38. The fraction of sp³-hybridized carbons (Fsp3) is 0.0588. The van der Waals surface area contributed by atoms with Crippen molar-refractivity contribution in [2.45, 2.75) is 11.1 Å². The number of nitriles is 1. The van der Waals surface area contributed by atoms with E-state index in [-0.39, 0.29) is 22.1 Å². The maximum atomic E-state index is 13.0. The first-order chi connectivity index (χ1) is 13.5. The summed E-state index contributed by atoms with van der Waals surface area (Å²) >= 11 is 12.0. The molecule has 12 heteroatoms. The fourth-order valence-corrected chi connectivity index (χ4v) is 4.11. The molecule has 29 heavy (non-hydrogen) atoms. The van der Waals surface area contributed by atoms with Gasteiger partial charge in [-0.15, -0.1) is 0 Å². The molecule has 0 amide bonds. The van der Waals surface area contributed by atoms with Gasteiger partial charge in [0, 0.05) is 6.07 Å². The first-order valence-electron chi connectivity index (χ1n) is 7.67. The van der Waals surface area contributed by atoms with E-state index in [4.69, 9.17) is 28.5 Å². The smallest absolute Gasteiger partial charge is 0.263 e. The SMILES string of the molecule is N#Cc1cc(NS(=O)(=O)c2ccccc2)n(-c2c(Cl)cc(C(F)(F)F)cc2Cl)n1. The predicted molar refractivity (Wildman–Crippen MR) is 101 cm³/mol. The van der Waals surface area contributed by atoms with Crippen molar-refractivity contribution >= 4 is 39.0 Å². The van der Waals surface area contributed by atoms with E-state index >= 15 is 0 Å². The highest BCUT2D eigenvalue weighted by Gasteiger charge is 2.32. The third-order valence-electron chi connectivity index (χ3n) is 3.67. The van der Waals surface area contributed by atoms with E-state index in [1.54, 1.807) is 12.1 Å². The molecule has 0 bridgehead atoms. The standard InChI is InChI=1S/C17H9Cl2F3N4O2S/c18-13-6-10(17(20,21)22)7-14(19)16(13)26-15(8-11(9-23)24-26)25-29(27,28)12-4-2-1-3-5-12/h1-8,25H. The van der Waals surface area contributed by atoms with Crippen molar-refractivity contribution in [2.75, 3.05) is 4.72 Å². The molecule has 6 nitrogen and oxygen atoms in total. The molecule has 0 saturated carbocycles. The molecule has 0 radical (unpaired) electrons. The number of benzene rings is 2. The van der Waals surface area contributed by atoms with Crippen LogP contribution in [0.3, 0.4) is 0 Å². The Morgan fingerprint density at radius 1 is 1.07 bits per heavy atom. The highest BCUT2D eigenvalue weighted by molar-refractivity contribution is 7.92. The van der Waals surface area contributed by atoms with Gasteiger partial charge in [0.15, 0.2) is 5.69 Å². The molecular formula is C17H9Cl2F3N4O2S. The van der Waals surface area contributed by atoms with Crippen molar-refractivity contribution in [3.63, 3.8) is 0 Å². The van der Waals surface area contributed by atoms with Gasteiger partial charge in [0.2, 0.25) is 0 Å². The average molecular weight is 461 g/mol. The van der Waals surface area contributed by atoms with Crippen molar-refractivity contribution in [3.05, 3.63) is 69.8 Å². The highest BCUT2D eigenvalue weighted by atomic mass is 35.5. The maximum absolute atomic E-state index is 13.0.